The summed E-state index contributed by atoms with van der Waals surface area (Å²) in [5.74, 6) is 0.432. The van der Waals surface area contributed by atoms with E-state index in [9.17, 15) is 13.2 Å². The summed E-state index contributed by atoms with van der Waals surface area (Å²) in [6, 6.07) is 5.66. The van der Waals surface area contributed by atoms with Crippen molar-refractivity contribution in [3.63, 3.8) is 0 Å². The minimum atomic E-state index is -4.30. The van der Waals surface area contributed by atoms with Gasteiger partial charge in [-0.2, -0.15) is 13.2 Å². The zero-order valence-corrected chi connectivity index (χ0v) is 11.6. The highest BCUT2D eigenvalue weighted by Crippen LogP contribution is 2.34. The third kappa shape index (κ3) is 5.13. The van der Waals surface area contributed by atoms with Gasteiger partial charge < -0.3 is 5.32 Å². The fourth-order valence-electron chi connectivity index (χ4n) is 2.08. The van der Waals surface area contributed by atoms with Gasteiger partial charge in [0.05, 0.1) is 5.56 Å². The lowest BCUT2D eigenvalue weighted by atomic mass is 9.99. The first-order valence-corrected chi connectivity index (χ1v) is 6.89. The molecule has 1 N–H and O–H groups in total. The number of halogens is 3. The summed E-state index contributed by atoms with van der Waals surface area (Å²) in [4.78, 5) is 0. The lowest BCUT2D eigenvalue weighted by molar-refractivity contribution is -0.136. The Hall–Kier alpha value is -1.19. The fraction of sp³-hybridized carbons (Fsp3) is 0.600. The standard InChI is InChI=1S/C15H22F3N/c1-3-5-8-12(4-2)11-19-14-10-7-6-9-13(14)15(16,17)18/h6-7,9-10,12,19H,3-5,8,11H2,1-2H3. The minimum absolute atomic E-state index is 0.185. The van der Waals surface area contributed by atoms with Crippen LogP contribution in [0, 0.1) is 5.92 Å². The van der Waals surface area contributed by atoms with Crippen molar-refractivity contribution >= 4 is 5.69 Å². The maximum Gasteiger partial charge on any atom is 0.418 e. The molecule has 0 aliphatic heterocycles. The Morgan fingerprint density at radius 1 is 1.16 bits per heavy atom. The Bertz CT molecular complexity index is 374. The highest BCUT2D eigenvalue weighted by Gasteiger charge is 2.33. The van der Waals surface area contributed by atoms with Crippen LogP contribution in [0.3, 0.4) is 0 Å². The van der Waals surface area contributed by atoms with E-state index in [-0.39, 0.29) is 5.69 Å². The summed E-state index contributed by atoms with van der Waals surface area (Å²) in [7, 11) is 0. The molecule has 0 amide bonds. The second-order valence-corrected chi connectivity index (χ2v) is 4.84. The molecular weight excluding hydrogens is 251 g/mol. The molecule has 1 rings (SSSR count). The predicted molar refractivity (Wildman–Crippen MR) is 73.2 cm³/mol. The third-order valence-corrected chi connectivity index (χ3v) is 3.36. The molecule has 1 atom stereocenters. The highest BCUT2D eigenvalue weighted by molar-refractivity contribution is 5.52. The van der Waals surface area contributed by atoms with Gasteiger partial charge in [-0.3, -0.25) is 0 Å². The van der Waals surface area contributed by atoms with Crippen LogP contribution < -0.4 is 5.32 Å². The maximum absolute atomic E-state index is 12.8. The molecule has 0 aliphatic carbocycles. The maximum atomic E-state index is 12.8. The molecule has 108 valence electrons. The Morgan fingerprint density at radius 3 is 2.42 bits per heavy atom. The zero-order valence-electron chi connectivity index (χ0n) is 11.6. The van der Waals surface area contributed by atoms with Crippen LogP contribution in [0.5, 0.6) is 0 Å². The molecule has 4 heteroatoms. The van der Waals surface area contributed by atoms with E-state index in [2.05, 4.69) is 19.2 Å². The second kappa shape index (κ2) is 7.41. The number of anilines is 1. The van der Waals surface area contributed by atoms with Gasteiger partial charge in [-0.05, 0) is 24.5 Å². The van der Waals surface area contributed by atoms with E-state index in [0.717, 1.165) is 31.7 Å². The van der Waals surface area contributed by atoms with Crippen LogP contribution in [0.1, 0.15) is 45.1 Å². The summed E-state index contributed by atoms with van der Waals surface area (Å²) in [6.45, 7) is 4.81. The first kappa shape index (κ1) is 15.9. The Morgan fingerprint density at radius 2 is 1.84 bits per heavy atom. The highest BCUT2D eigenvalue weighted by atomic mass is 19.4. The van der Waals surface area contributed by atoms with Crippen molar-refractivity contribution in [3.05, 3.63) is 29.8 Å². The van der Waals surface area contributed by atoms with Gasteiger partial charge in [-0.15, -0.1) is 0 Å². The van der Waals surface area contributed by atoms with Gasteiger partial charge in [-0.25, -0.2) is 0 Å². The Kier molecular flexibility index (Phi) is 6.19. The lowest BCUT2D eigenvalue weighted by Crippen LogP contribution is -2.17. The molecule has 0 aliphatic rings. The molecule has 0 bridgehead atoms. The van der Waals surface area contributed by atoms with Crippen molar-refractivity contribution in [2.24, 2.45) is 5.92 Å². The van der Waals surface area contributed by atoms with E-state index in [1.165, 1.54) is 12.1 Å². The van der Waals surface area contributed by atoms with Gasteiger partial charge in [0.15, 0.2) is 0 Å². The first-order chi connectivity index (χ1) is 8.99. The fourth-order valence-corrected chi connectivity index (χ4v) is 2.08. The number of hydrogen-bond acceptors (Lipinski definition) is 1. The molecule has 1 unspecified atom stereocenters. The quantitative estimate of drug-likeness (QED) is 0.707. The summed E-state index contributed by atoms with van der Waals surface area (Å²) in [6.07, 6.45) is 0.000828. The Labute approximate surface area is 113 Å². The summed E-state index contributed by atoms with van der Waals surface area (Å²) < 4.78 is 38.5. The van der Waals surface area contributed by atoms with Crippen LogP contribution in [0.15, 0.2) is 24.3 Å². The molecule has 1 aromatic rings. The van der Waals surface area contributed by atoms with E-state index in [0.29, 0.717) is 12.5 Å². The smallest absolute Gasteiger partial charge is 0.384 e. The molecule has 0 saturated carbocycles. The van der Waals surface area contributed by atoms with Crippen LogP contribution in [0.2, 0.25) is 0 Å². The van der Waals surface area contributed by atoms with E-state index < -0.39 is 11.7 Å². The first-order valence-electron chi connectivity index (χ1n) is 6.89. The summed E-state index contributed by atoms with van der Waals surface area (Å²) in [5, 5.41) is 2.96. The number of rotatable bonds is 7. The minimum Gasteiger partial charge on any atom is -0.384 e. The van der Waals surface area contributed by atoms with Crippen molar-refractivity contribution in [1.82, 2.24) is 0 Å². The number of alkyl halides is 3. The molecule has 0 saturated heterocycles. The molecule has 1 nitrogen and oxygen atoms in total. The SMILES string of the molecule is CCCCC(CC)CNc1ccccc1C(F)(F)F. The normalized spacial score (nSPS) is 13.3. The number of nitrogens with one attached hydrogen (secondary N) is 1. The van der Waals surface area contributed by atoms with Crippen molar-refractivity contribution in [2.45, 2.75) is 45.7 Å². The predicted octanol–water partition coefficient (Wildman–Crippen LogP) is 5.33. The van der Waals surface area contributed by atoms with Gasteiger partial charge in [0.25, 0.3) is 0 Å². The lowest BCUT2D eigenvalue weighted by Gasteiger charge is -2.19. The van der Waals surface area contributed by atoms with Gasteiger partial charge in [0.2, 0.25) is 0 Å². The summed E-state index contributed by atoms with van der Waals surface area (Å²) >= 11 is 0. The van der Waals surface area contributed by atoms with Crippen molar-refractivity contribution in [2.75, 3.05) is 11.9 Å². The molecule has 1 aromatic carbocycles. The van der Waals surface area contributed by atoms with Gasteiger partial charge >= 0.3 is 6.18 Å². The molecule has 0 aromatic heterocycles. The Balaban J connectivity index is 2.66. The van der Waals surface area contributed by atoms with Crippen LogP contribution in [-0.2, 0) is 6.18 Å². The average Bonchev–Trinajstić information content (AvgIpc) is 2.38. The third-order valence-electron chi connectivity index (χ3n) is 3.36. The number of benzene rings is 1. The van der Waals surface area contributed by atoms with Crippen molar-refractivity contribution in [3.8, 4) is 0 Å². The van der Waals surface area contributed by atoms with Crippen LogP contribution in [-0.4, -0.2) is 6.54 Å². The van der Waals surface area contributed by atoms with Gasteiger partial charge in [0.1, 0.15) is 0 Å². The molecule has 0 radical (unpaired) electrons. The zero-order chi connectivity index (χ0) is 14.3. The number of hydrogen-bond donors (Lipinski definition) is 1. The molecular formula is C15H22F3N. The molecule has 0 heterocycles. The largest absolute Gasteiger partial charge is 0.418 e. The topological polar surface area (TPSA) is 12.0 Å². The monoisotopic (exact) mass is 273 g/mol. The van der Waals surface area contributed by atoms with E-state index in [1.807, 2.05) is 0 Å². The second-order valence-electron chi connectivity index (χ2n) is 4.84. The average molecular weight is 273 g/mol. The molecule has 19 heavy (non-hydrogen) atoms. The van der Waals surface area contributed by atoms with E-state index >= 15 is 0 Å². The van der Waals surface area contributed by atoms with Crippen LogP contribution >= 0.6 is 0 Å². The van der Waals surface area contributed by atoms with E-state index in [1.54, 1.807) is 6.07 Å². The van der Waals surface area contributed by atoms with Crippen LogP contribution in [0.25, 0.3) is 0 Å². The van der Waals surface area contributed by atoms with Crippen LogP contribution in [0.4, 0.5) is 18.9 Å². The van der Waals surface area contributed by atoms with Gasteiger partial charge in [0, 0.05) is 12.2 Å². The van der Waals surface area contributed by atoms with Gasteiger partial charge in [-0.1, -0.05) is 45.2 Å². The number of para-hydroxylation sites is 1. The van der Waals surface area contributed by atoms with Crippen molar-refractivity contribution < 1.29 is 13.2 Å². The van der Waals surface area contributed by atoms with E-state index in [4.69, 9.17) is 0 Å². The molecule has 0 spiro atoms. The number of unbranched alkanes of at least 4 members (excludes halogenated alkanes) is 1. The van der Waals surface area contributed by atoms with Crippen molar-refractivity contribution in [1.29, 1.82) is 0 Å². The molecule has 0 fully saturated rings. The summed E-state index contributed by atoms with van der Waals surface area (Å²) in [5.41, 5.74) is -0.398.